The van der Waals surface area contributed by atoms with E-state index in [4.69, 9.17) is 5.73 Å². The number of carbonyl (C=O) groups excluding carboxylic acids is 2. The summed E-state index contributed by atoms with van der Waals surface area (Å²) in [5.41, 5.74) is 9.60. The van der Waals surface area contributed by atoms with E-state index < -0.39 is 11.8 Å². The maximum atomic E-state index is 12.1. The van der Waals surface area contributed by atoms with Crippen LogP contribution in [-0.2, 0) is 11.3 Å². The minimum Gasteiger partial charge on any atom is -0.507 e. The average Bonchev–Trinajstić information content (AvgIpc) is 2.94. The van der Waals surface area contributed by atoms with Crippen LogP contribution in [-0.4, -0.2) is 27.7 Å². The Morgan fingerprint density at radius 3 is 2.77 bits per heavy atom. The molecule has 1 heterocycles. The summed E-state index contributed by atoms with van der Waals surface area (Å²) in [6.45, 7) is 0.0582. The molecule has 2 amide bonds. The van der Waals surface area contributed by atoms with Gasteiger partial charge in [0.2, 0.25) is 5.91 Å². The summed E-state index contributed by atoms with van der Waals surface area (Å²) in [5, 5.41) is 14.5. The van der Waals surface area contributed by atoms with E-state index in [1.807, 2.05) is 46.9 Å². The molecule has 0 bridgehead atoms. The van der Waals surface area contributed by atoms with E-state index in [2.05, 4.69) is 10.5 Å². The molecule has 26 heavy (non-hydrogen) atoms. The number of benzene rings is 2. The van der Waals surface area contributed by atoms with Crippen molar-refractivity contribution in [3.8, 4) is 5.75 Å². The topological polar surface area (TPSA) is 110 Å². The number of primary amides is 1. The number of carbonyl (C=O) groups is 2. The average molecular weight is 462 g/mol. The monoisotopic (exact) mass is 462 g/mol. The zero-order valence-corrected chi connectivity index (χ0v) is 15.7. The maximum absolute atomic E-state index is 12.1. The van der Waals surface area contributed by atoms with Gasteiger partial charge in [-0.05, 0) is 46.9 Å². The van der Waals surface area contributed by atoms with Crippen molar-refractivity contribution in [1.82, 2.24) is 9.99 Å². The standard InChI is InChI=1S/C18H15IN4O3/c19-14-6-5-11(7-16(14)24)18(26)22-21-8-12-9-23(10-17(20)25)15-4-2-1-3-13(12)15/h1-9,24H,10H2,(H2,20,25)(H,22,26). The van der Waals surface area contributed by atoms with Crippen LogP contribution in [0.2, 0.25) is 0 Å². The number of aromatic nitrogens is 1. The molecule has 0 radical (unpaired) electrons. The highest BCUT2D eigenvalue weighted by Gasteiger charge is 2.09. The minimum atomic E-state index is -0.443. The normalized spacial score (nSPS) is 11.1. The summed E-state index contributed by atoms with van der Waals surface area (Å²) < 4.78 is 2.39. The van der Waals surface area contributed by atoms with Gasteiger partial charge in [-0.3, -0.25) is 9.59 Å². The fourth-order valence-electron chi connectivity index (χ4n) is 2.56. The predicted octanol–water partition coefficient (Wildman–Crippen LogP) is 2.20. The van der Waals surface area contributed by atoms with Crippen LogP contribution in [0.4, 0.5) is 0 Å². The van der Waals surface area contributed by atoms with Gasteiger partial charge in [0.1, 0.15) is 12.3 Å². The fraction of sp³-hybridized carbons (Fsp3) is 0.0556. The van der Waals surface area contributed by atoms with Gasteiger partial charge in [-0.2, -0.15) is 5.10 Å². The maximum Gasteiger partial charge on any atom is 0.271 e. The largest absolute Gasteiger partial charge is 0.507 e. The van der Waals surface area contributed by atoms with Crippen LogP contribution in [0.15, 0.2) is 53.8 Å². The number of hydrazone groups is 1. The third-order valence-electron chi connectivity index (χ3n) is 3.72. The summed E-state index contributed by atoms with van der Waals surface area (Å²) in [6, 6.07) is 12.1. The van der Waals surface area contributed by atoms with Crippen molar-refractivity contribution < 1.29 is 14.7 Å². The molecule has 3 aromatic rings. The highest BCUT2D eigenvalue weighted by molar-refractivity contribution is 14.1. The van der Waals surface area contributed by atoms with Gasteiger partial charge in [-0.15, -0.1) is 0 Å². The van der Waals surface area contributed by atoms with Gasteiger partial charge >= 0.3 is 0 Å². The van der Waals surface area contributed by atoms with Crippen molar-refractivity contribution in [3.05, 3.63) is 63.4 Å². The molecule has 0 aliphatic heterocycles. The first kappa shape index (κ1) is 17.9. The lowest BCUT2D eigenvalue weighted by molar-refractivity contribution is -0.118. The molecule has 2 aromatic carbocycles. The van der Waals surface area contributed by atoms with Crippen molar-refractivity contribution in [2.45, 2.75) is 6.54 Å². The van der Waals surface area contributed by atoms with Crippen LogP contribution in [0.25, 0.3) is 10.9 Å². The molecule has 3 rings (SSSR count). The SMILES string of the molecule is NC(=O)Cn1cc(C=NNC(=O)c2ccc(I)c(O)c2)c2ccccc21. The number of aromatic hydroxyl groups is 1. The molecule has 0 aliphatic rings. The van der Waals surface area contributed by atoms with E-state index in [0.29, 0.717) is 9.13 Å². The Kier molecular flexibility index (Phi) is 5.21. The van der Waals surface area contributed by atoms with Gasteiger partial charge in [0.05, 0.1) is 9.78 Å². The molecule has 0 spiro atoms. The van der Waals surface area contributed by atoms with E-state index in [1.54, 1.807) is 22.9 Å². The predicted molar refractivity (Wildman–Crippen MR) is 107 cm³/mol. The second kappa shape index (κ2) is 7.56. The molecule has 0 unspecified atom stereocenters. The van der Waals surface area contributed by atoms with Crippen LogP contribution in [0.3, 0.4) is 0 Å². The summed E-state index contributed by atoms with van der Waals surface area (Å²) in [6.07, 6.45) is 3.26. The van der Waals surface area contributed by atoms with Crippen molar-refractivity contribution >= 4 is 51.5 Å². The van der Waals surface area contributed by atoms with E-state index in [1.165, 1.54) is 12.3 Å². The summed E-state index contributed by atoms with van der Waals surface area (Å²) in [4.78, 5) is 23.3. The molecule has 132 valence electrons. The number of hydrogen-bond acceptors (Lipinski definition) is 4. The molecular formula is C18H15IN4O3. The van der Waals surface area contributed by atoms with E-state index in [-0.39, 0.29) is 12.3 Å². The Labute approximate surface area is 162 Å². The number of hydrogen-bond donors (Lipinski definition) is 3. The van der Waals surface area contributed by atoms with Crippen LogP contribution in [0.5, 0.6) is 5.75 Å². The number of nitrogens with one attached hydrogen (secondary N) is 1. The molecule has 4 N–H and O–H groups in total. The highest BCUT2D eigenvalue weighted by Crippen LogP contribution is 2.21. The quantitative estimate of drug-likeness (QED) is 0.307. The van der Waals surface area contributed by atoms with Crippen molar-refractivity contribution in [3.63, 3.8) is 0 Å². The van der Waals surface area contributed by atoms with Crippen molar-refractivity contribution in [1.29, 1.82) is 0 Å². The van der Waals surface area contributed by atoms with E-state index in [0.717, 1.165) is 16.5 Å². The number of para-hydroxylation sites is 1. The van der Waals surface area contributed by atoms with Crippen LogP contribution >= 0.6 is 22.6 Å². The van der Waals surface area contributed by atoms with E-state index >= 15 is 0 Å². The van der Waals surface area contributed by atoms with Gasteiger partial charge in [0.25, 0.3) is 5.91 Å². The number of halogens is 1. The highest BCUT2D eigenvalue weighted by atomic mass is 127. The zero-order chi connectivity index (χ0) is 18.7. The number of rotatable bonds is 5. The lowest BCUT2D eigenvalue weighted by Gasteiger charge is -2.02. The third kappa shape index (κ3) is 3.85. The molecule has 0 atom stereocenters. The first-order valence-electron chi connectivity index (χ1n) is 7.64. The molecule has 7 nitrogen and oxygen atoms in total. The Morgan fingerprint density at radius 1 is 1.27 bits per heavy atom. The molecule has 0 aliphatic carbocycles. The molecule has 1 aromatic heterocycles. The lowest BCUT2D eigenvalue weighted by Crippen LogP contribution is -2.18. The number of fused-ring (bicyclic) bond motifs is 1. The van der Waals surface area contributed by atoms with Crippen molar-refractivity contribution in [2.75, 3.05) is 0 Å². The second-order valence-corrected chi connectivity index (χ2v) is 6.72. The molecule has 0 saturated carbocycles. The zero-order valence-electron chi connectivity index (χ0n) is 13.5. The van der Waals surface area contributed by atoms with Crippen molar-refractivity contribution in [2.24, 2.45) is 10.8 Å². The molecule has 8 heteroatoms. The third-order valence-corrected chi connectivity index (χ3v) is 4.64. The second-order valence-electron chi connectivity index (χ2n) is 5.56. The van der Waals surface area contributed by atoms with Crippen LogP contribution in [0.1, 0.15) is 15.9 Å². The van der Waals surface area contributed by atoms with Crippen LogP contribution in [0, 0.1) is 3.57 Å². The first-order chi connectivity index (χ1) is 12.5. The number of nitrogens with two attached hydrogens (primary N) is 1. The molecular weight excluding hydrogens is 447 g/mol. The van der Waals surface area contributed by atoms with Gasteiger partial charge < -0.3 is 15.4 Å². The van der Waals surface area contributed by atoms with Gasteiger partial charge in [0.15, 0.2) is 0 Å². The molecule has 0 saturated heterocycles. The Hall–Kier alpha value is -2.88. The minimum absolute atomic E-state index is 0.0387. The van der Waals surface area contributed by atoms with Gasteiger partial charge in [-0.25, -0.2) is 5.43 Å². The van der Waals surface area contributed by atoms with E-state index in [9.17, 15) is 14.7 Å². The Morgan fingerprint density at radius 2 is 2.04 bits per heavy atom. The molecule has 0 fully saturated rings. The summed E-state index contributed by atoms with van der Waals surface area (Å²) in [7, 11) is 0. The summed E-state index contributed by atoms with van der Waals surface area (Å²) in [5.74, 6) is -0.841. The summed E-state index contributed by atoms with van der Waals surface area (Å²) >= 11 is 1.97. The Bertz CT molecular complexity index is 1030. The van der Waals surface area contributed by atoms with Crippen LogP contribution < -0.4 is 11.2 Å². The Balaban J connectivity index is 1.81. The van der Waals surface area contributed by atoms with Gasteiger partial charge in [0, 0.05) is 28.2 Å². The lowest BCUT2D eigenvalue weighted by atomic mass is 10.2. The smallest absolute Gasteiger partial charge is 0.271 e. The number of phenols is 1. The number of amides is 2. The first-order valence-corrected chi connectivity index (χ1v) is 8.71. The number of nitrogens with zero attached hydrogens (tertiary/aromatic N) is 2. The fourth-order valence-corrected chi connectivity index (χ4v) is 2.89. The van der Waals surface area contributed by atoms with Gasteiger partial charge in [-0.1, -0.05) is 18.2 Å². The number of phenolic OH excluding ortho intramolecular Hbond substituents is 1.